The summed E-state index contributed by atoms with van der Waals surface area (Å²) in [5, 5.41) is 17.2. The van der Waals surface area contributed by atoms with Crippen molar-refractivity contribution in [2.24, 2.45) is 0 Å². The Morgan fingerprint density at radius 2 is 1.84 bits per heavy atom. The van der Waals surface area contributed by atoms with Gasteiger partial charge in [0, 0.05) is 20.9 Å². The maximum atomic E-state index is 13.0. The lowest BCUT2D eigenvalue weighted by atomic mass is 10.2. The first-order chi connectivity index (χ1) is 18.0. The van der Waals surface area contributed by atoms with E-state index < -0.39 is 5.97 Å². The normalized spacial score (nSPS) is 10.6. The summed E-state index contributed by atoms with van der Waals surface area (Å²) in [6, 6.07) is 20.2. The average Bonchev–Trinajstić information content (AvgIpc) is 3.45. The lowest BCUT2D eigenvalue weighted by molar-refractivity contribution is -0.146. The molecule has 0 unspecified atom stereocenters. The van der Waals surface area contributed by atoms with Crippen molar-refractivity contribution < 1.29 is 19.1 Å². The summed E-state index contributed by atoms with van der Waals surface area (Å²) >= 11 is 1.51. The summed E-state index contributed by atoms with van der Waals surface area (Å²) in [7, 11) is 0. The molecule has 0 saturated carbocycles. The summed E-state index contributed by atoms with van der Waals surface area (Å²) in [6.07, 6.45) is 1.77. The van der Waals surface area contributed by atoms with Crippen molar-refractivity contribution in [2.75, 3.05) is 18.5 Å². The molecule has 4 aromatic rings. The number of anilines is 1. The number of nitrogens with one attached hydrogen (secondary N) is 2. The minimum absolute atomic E-state index is 0.176. The number of aromatic amines is 1. The zero-order chi connectivity index (χ0) is 26.0. The van der Waals surface area contributed by atoms with Gasteiger partial charge in [0.15, 0.2) is 12.4 Å². The number of carbonyl (C=O) groups excluding carboxylic acids is 2. The third kappa shape index (κ3) is 7.17. The number of unbranched alkanes of at least 4 members (excludes halogenated alkanes) is 1. The summed E-state index contributed by atoms with van der Waals surface area (Å²) < 4.78 is 10.5. The number of tetrazole rings is 1. The van der Waals surface area contributed by atoms with Crippen LogP contribution in [0.3, 0.4) is 0 Å². The van der Waals surface area contributed by atoms with Crippen LogP contribution in [0.25, 0.3) is 11.4 Å². The number of hydrogen-bond acceptors (Lipinski definition) is 8. The lowest BCUT2D eigenvalue weighted by Crippen LogP contribution is -2.16. The molecule has 1 heterocycles. The van der Waals surface area contributed by atoms with Crippen molar-refractivity contribution in [1.29, 1.82) is 0 Å². The van der Waals surface area contributed by atoms with Crippen LogP contribution in [0.5, 0.6) is 5.75 Å². The van der Waals surface area contributed by atoms with E-state index in [9.17, 15) is 9.59 Å². The zero-order valence-electron chi connectivity index (χ0n) is 20.6. The van der Waals surface area contributed by atoms with E-state index in [0.29, 0.717) is 29.4 Å². The third-order valence-corrected chi connectivity index (χ3v) is 6.46. The van der Waals surface area contributed by atoms with Crippen molar-refractivity contribution in [3.63, 3.8) is 0 Å². The number of nitrogens with zero attached hydrogens (tertiary/aromatic N) is 3. The second kappa shape index (κ2) is 12.7. The average molecular weight is 518 g/mol. The van der Waals surface area contributed by atoms with Crippen LogP contribution in [0.15, 0.2) is 76.5 Å². The molecule has 37 heavy (non-hydrogen) atoms. The van der Waals surface area contributed by atoms with Gasteiger partial charge in [0.1, 0.15) is 5.75 Å². The molecule has 1 aromatic heterocycles. The molecule has 0 atom stereocenters. The molecule has 0 bridgehead atoms. The quantitative estimate of drug-likeness (QED) is 0.203. The topological polar surface area (TPSA) is 119 Å². The summed E-state index contributed by atoms with van der Waals surface area (Å²) in [5.74, 6) is 0.372. The van der Waals surface area contributed by atoms with Gasteiger partial charge in [0.2, 0.25) is 0 Å². The van der Waals surface area contributed by atoms with Crippen LogP contribution in [0, 0.1) is 6.92 Å². The van der Waals surface area contributed by atoms with Gasteiger partial charge in [-0.2, -0.15) is 0 Å². The van der Waals surface area contributed by atoms with Crippen LogP contribution in [0.4, 0.5) is 5.69 Å². The van der Waals surface area contributed by atoms with Gasteiger partial charge < -0.3 is 14.8 Å². The molecule has 9 nitrogen and oxygen atoms in total. The molecular weight excluding hydrogens is 490 g/mol. The lowest BCUT2D eigenvalue weighted by Gasteiger charge is -2.14. The monoisotopic (exact) mass is 517 g/mol. The van der Waals surface area contributed by atoms with Gasteiger partial charge in [0.25, 0.3) is 5.91 Å². The number of amides is 1. The Morgan fingerprint density at radius 3 is 2.59 bits per heavy atom. The fraction of sp³-hybridized carbons (Fsp3) is 0.222. The number of carbonyl (C=O) groups is 2. The number of H-pyrrole nitrogens is 1. The molecule has 2 N–H and O–H groups in total. The molecule has 10 heteroatoms. The first-order valence-electron chi connectivity index (χ1n) is 11.8. The number of ether oxygens (including phenoxy) is 2. The van der Waals surface area contributed by atoms with Crippen LogP contribution in [-0.4, -0.2) is 45.7 Å². The van der Waals surface area contributed by atoms with Gasteiger partial charge in [-0.1, -0.05) is 43.3 Å². The van der Waals surface area contributed by atoms with Gasteiger partial charge >= 0.3 is 5.97 Å². The highest BCUT2D eigenvalue weighted by Gasteiger charge is 2.15. The highest BCUT2D eigenvalue weighted by molar-refractivity contribution is 7.99. The zero-order valence-corrected chi connectivity index (χ0v) is 21.4. The molecular formula is C27H27N5O4S. The predicted molar refractivity (Wildman–Crippen MR) is 141 cm³/mol. The first-order valence-corrected chi connectivity index (χ1v) is 12.7. The fourth-order valence-electron chi connectivity index (χ4n) is 3.37. The Kier molecular flexibility index (Phi) is 8.88. The van der Waals surface area contributed by atoms with Crippen molar-refractivity contribution in [2.45, 2.75) is 36.5 Å². The van der Waals surface area contributed by atoms with Crippen molar-refractivity contribution in [3.05, 3.63) is 77.9 Å². The van der Waals surface area contributed by atoms with E-state index in [1.54, 1.807) is 24.3 Å². The second-order valence-corrected chi connectivity index (χ2v) is 9.27. The molecule has 0 fully saturated rings. The largest absolute Gasteiger partial charge is 0.482 e. The van der Waals surface area contributed by atoms with Crippen molar-refractivity contribution >= 4 is 29.3 Å². The first kappa shape index (κ1) is 25.9. The Hall–Kier alpha value is -4.18. The maximum absolute atomic E-state index is 13.0. The molecule has 190 valence electrons. The number of aromatic nitrogens is 4. The van der Waals surface area contributed by atoms with Crippen LogP contribution in [-0.2, 0) is 9.53 Å². The van der Waals surface area contributed by atoms with Gasteiger partial charge in [-0.05, 0) is 77.9 Å². The molecule has 0 aliphatic rings. The minimum Gasteiger partial charge on any atom is -0.482 e. The third-order valence-electron chi connectivity index (χ3n) is 5.33. The Labute approximate surface area is 219 Å². The number of esters is 1. The van der Waals surface area contributed by atoms with E-state index in [-0.39, 0.29) is 12.5 Å². The minimum atomic E-state index is -0.416. The van der Waals surface area contributed by atoms with Crippen molar-refractivity contribution in [3.8, 4) is 17.1 Å². The molecule has 0 saturated heterocycles. The molecule has 0 aliphatic carbocycles. The van der Waals surface area contributed by atoms with Crippen LogP contribution in [0.1, 0.15) is 35.7 Å². The fourth-order valence-corrected chi connectivity index (χ4v) is 4.50. The van der Waals surface area contributed by atoms with Crippen molar-refractivity contribution in [1.82, 2.24) is 20.6 Å². The van der Waals surface area contributed by atoms with Gasteiger partial charge in [0.05, 0.1) is 12.3 Å². The highest BCUT2D eigenvalue weighted by Crippen LogP contribution is 2.38. The van der Waals surface area contributed by atoms with Crippen LogP contribution >= 0.6 is 11.8 Å². The Morgan fingerprint density at radius 1 is 1.03 bits per heavy atom. The van der Waals surface area contributed by atoms with Gasteiger partial charge in [-0.3, -0.25) is 4.79 Å². The molecule has 0 spiro atoms. The summed E-state index contributed by atoms with van der Waals surface area (Å²) in [4.78, 5) is 26.6. The Balaban J connectivity index is 1.43. The number of hydrogen-bond donors (Lipinski definition) is 2. The number of rotatable bonds is 11. The Bertz CT molecular complexity index is 1340. The van der Waals surface area contributed by atoms with E-state index in [1.807, 2.05) is 56.3 Å². The van der Waals surface area contributed by atoms with Crippen LogP contribution in [0.2, 0.25) is 0 Å². The molecule has 0 aliphatic heterocycles. The number of aryl methyl sites for hydroxylation is 1. The summed E-state index contributed by atoms with van der Waals surface area (Å²) in [6.45, 7) is 4.24. The second-order valence-electron chi connectivity index (χ2n) is 8.19. The highest BCUT2D eigenvalue weighted by atomic mass is 32.2. The van der Waals surface area contributed by atoms with E-state index in [2.05, 4.69) is 25.9 Å². The van der Waals surface area contributed by atoms with E-state index >= 15 is 0 Å². The number of benzene rings is 3. The van der Waals surface area contributed by atoms with E-state index in [1.165, 1.54) is 11.8 Å². The van der Waals surface area contributed by atoms with E-state index in [4.69, 9.17) is 9.47 Å². The summed E-state index contributed by atoms with van der Waals surface area (Å²) in [5.41, 5.74) is 3.07. The predicted octanol–water partition coefficient (Wildman–Crippen LogP) is 5.30. The van der Waals surface area contributed by atoms with E-state index in [0.717, 1.165) is 33.8 Å². The SMILES string of the molecule is CCCCOC(=O)COc1ccc(C(=O)Nc2ccc(C)cc2Sc2ccccc2-c2nnn[nH]2)cc1. The smallest absolute Gasteiger partial charge is 0.344 e. The molecule has 0 radical (unpaired) electrons. The van der Waals surface area contributed by atoms with Gasteiger partial charge in [-0.15, -0.1) is 5.10 Å². The maximum Gasteiger partial charge on any atom is 0.344 e. The van der Waals surface area contributed by atoms with Gasteiger partial charge in [-0.25, -0.2) is 9.89 Å². The molecule has 3 aromatic carbocycles. The van der Waals surface area contributed by atoms with Crippen LogP contribution < -0.4 is 10.1 Å². The molecule has 1 amide bonds. The standard InChI is InChI=1S/C27H27N5O4S/c1-3-4-15-35-25(33)17-36-20-12-10-19(11-13-20)27(34)28-22-14-9-18(2)16-24(22)37-23-8-6-5-7-21(23)26-29-31-32-30-26/h5-14,16H,3-4,15,17H2,1-2H3,(H,28,34)(H,29,30,31,32). The molecule has 4 rings (SSSR count).